The Hall–Kier alpha value is -1.79. The molecule has 0 radical (unpaired) electrons. The number of halogens is 1. The Morgan fingerprint density at radius 1 is 1.45 bits per heavy atom. The van der Waals surface area contributed by atoms with Gasteiger partial charge in [0.15, 0.2) is 5.84 Å². The molecule has 2 rings (SSSR count). The number of anilines is 1. The number of nitrogens with zero attached hydrogens (tertiary/aromatic N) is 1. The maximum absolute atomic E-state index is 12.2. The Morgan fingerprint density at radius 3 is 2.80 bits per heavy atom. The summed E-state index contributed by atoms with van der Waals surface area (Å²) in [4.78, 5) is 12.2. The van der Waals surface area contributed by atoms with Gasteiger partial charge in [0, 0.05) is 29.7 Å². The van der Waals surface area contributed by atoms with Crippen molar-refractivity contribution < 1.29 is 14.7 Å². The molecule has 0 unspecified atom stereocenters. The van der Waals surface area contributed by atoms with Crippen molar-refractivity contribution >= 4 is 29.0 Å². The normalized spacial score (nSPS) is 16.9. The lowest BCUT2D eigenvalue weighted by molar-refractivity contribution is -0.122. The molecular weight excluding hydrogens is 282 g/mol. The van der Waals surface area contributed by atoms with Crippen molar-refractivity contribution in [1.82, 2.24) is 0 Å². The molecule has 1 aliphatic rings. The van der Waals surface area contributed by atoms with E-state index in [0.29, 0.717) is 42.3 Å². The van der Waals surface area contributed by atoms with E-state index in [2.05, 4.69) is 10.5 Å². The lowest BCUT2D eigenvalue weighted by atomic mass is 9.99. The van der Waals surface area contributed by atoms with Crippen LogP contribution in [0.2, 0.25) is 5.02 Å². The third-order valence-electron chi connectivity index (χ3n) is 3.22. The molecule has 1 aromatic carbocycles. The molecule has 4 N–H and O–H groups in total. The van der Waals surface area contributed by atoms with Crippen LogP contribution in [-0.2, 0) is 9.53 Å². The summed E-state index contributed by atoms with van der Waals surface area (Å²) in [5.41, 5.74) is 6.45. The number of amides is 1. The standard InChI is InChI=1S/C13H16ClN3O3/c14-9-1-2-10(12(15)17-19)11(7-9)16-13(18)8-3-5-20-6-4-8/h1-2,7-8,19H,3-6H2,(H2,15,17)(H,16,18). The van der Waals surface area contributed by atoms with Gasteiger partial charge in [0.1, 0.15) is 0 Å². The number of hydrogen-bond donors (Lipinski definition) is 3. The van der Waals surface area contributed by atoms with Crippen LogP contribution in [0.3, 0.4) is 0 Å². The van der Waals surface area contributed by atoms with E-state index < -0.39 is 0 Å². The maximum atomic E-state index is 12.2. The molecule has 0 bridgehead atoms. The number of oxime groups is 1. The highest BCUT2D eigenvalue weighted by Crippen LogP contribution is 2.23. The molecular formula is C13H16ClN3O3. The molecule has 1 fully saturated rings. The highest BCUT2D eigenvalue weighted by molar-refractivity contribution is 6.31. The molecule has 0 spiro atoms. The van der Waals surface area contributed by atoms with Gasteiger partial charge in [0.2, 0.25) is 5.91 Å². The monoisotopic (exact) mass is 297 g/mol. The third-order valence-corrected chi connectivity index (χ3v) is 3.45. The van der Waals surface area contributed by atoms with Crippen LogP contribution in [0, 0.1) is 5.92 Å². The minimum atomic E-state index is -0.109. The zero-order valence-electron chi connectivity index (χ0n) is 10.8. The van der Waals surface area contributed by atoms with E-state index in [-0.39, 0.29) is 17.7 Å². The SMILES string of the molecule is NC(=NO)c1ccc(Cl)cc1NC(=O)C1CCOCC1. The fourth-order valence-electron chi connectivity index (χ4n) is 2.09. The van der Waals surface area contributed by atoms with Crippen LogP contribution in [0.1, 0.15) is 18.4 Å². The summed E-state index contributed by atoms with van der Waals surface area (Å²) in [6, 6.07) is 4.78. The first kappa shape index (κ1) is 14.6. The number of nitrogens with two attached hydrogens (primary N) is 1. The van der Waals surface area contributed by atoms with Crippen LogP contribution in [0.15, 0.2) is 23.4 Å². The van der Waals surface area contributed by atoms with Crippen LogP contribution in [0.4, 0.5) is 5.69 Å². The topological polar surface area (TPSA) is 96.9 Å². The molecule has 0 aliphatic carbocycles. The van der Waals surface area contributed by atoms with Crippen molar-refractivity contribution in [1.29, 1.82) is 0 Å². The van der Waals surface area contributed by atoms with Crippen LogP contribution < -0.4 is 11.1 Å². The van der Waals surface area contributed by atoms with Gasteiger partial charge in [-0.15, -0.1) is 0 Å². The molecule has 1 saturated heterocycles. The Morgan fingerprint density at radius 2 is 2.15 bits per heavy atom. The Bertz CT molecular complexity index is 528. The zero-order chi connectivity index (χ0) is 14.5. The van der Waals surface area contributed by atoms with Gasteiger partial charge in [-0.3, -0.25) is 4.79 Å². The van der Waals surface area contributed by atoms with Crippen molar-refractivity contribution in [2.45, 2.75) is 12.8 Å². The lowest BCUT2D eigenvalue weighted by Gasteiger charge is -2.22. The number of carbonyl (C=O) groups excluding carboxylic acids is 1. The van der Waals surface area contributed by atoms with E-state index in [1.165, 1.54) is 0 Å². The highest BCUT2D eigenvalue weighted by Gasteiger charge is 2.22. The molecule has 1 heterocycles. The zero-order valence-corrected chi connectivity index (χ0v) is 11.6. The molecule has 1 aromatic rings. The summed E-state index contributed by atoms with van der Waals surface area (Å²) in [5, 5.41) is 15.0. The average molecular weight is 298 g/mol. The number of ether oxygens (including phenoxy) is 1. The molecule has 1 aliphatic heterocycles. The second kappa shape index (κ2) is 6.58. The molecule has 0 aromatic heterocycles. The highest BCUT2D eigenvalue weighted by atomic mass is 35.5. The van der Waals surface area contributed by atoms with E-state index in [1.807, 2.05) is 0 Å². The molecule has 20 heavy (non-hydrogen) atoms. The van der Waals surface area contributed by atoms with Gasteiger partial charge in [-0.1, -0.05) is 16.8 Å². The first-order valence-electron chi connectivity index (χ1n) is 6.28. The number of benzene rings is 1. The number of rotatable bonds is 3. The maximum Gasteiger partial charge on any atom is 0.227 e. The largest absolute Gasteiger partial charge is 0.409 e. The van der Waals surface area contributed by atoms with Gasteiger partial charge < -0.3 is 21.0 Å². The second-order valence-electron chi connectivity index (χ2n) is 4.55. The summed E-state index contributed by atoms with van der Waals surface area (Å²) in [6.45, 7) is 1.17. The van der Waals surface area contributed by atoms with Crippen molar-refractivity contribution in [2.75, 3.05) is 18.5 Å². The Balaban J connectivity index is 2.19. The van der Waals surface area contributed by atoms with E-state index in [1.54, 1.807) is 18.2 Å². The van der Waals surface area contributed by atoms with Crippen LogP contribution >= 0.6 is 11.6 Å². The quantitative estimate of drug-likeness (QED) is 0.343. The third kappa shape index (κ3) is 3.40. The first-order valence-corrected chi connectivity index (χ1v) is 6.65. The van der Waals surface area contributed by atoms with Crippen molar-refractivity contribution in [3.05, 3.63) is 28.8 Å². The number of amidine groups is 1. The fourth-order valence-corrected chi connectivity index (χ4v) is 2.26. The molecule has 6 nitrogen and oxygen atoms in total. The summed E-state index contributed by atoms with van der Waals surface area (Å²) in [6.07, 6.45) is 1.37. The number of hydrogen-bond acceptors (Lipinski definition) is 4. The first-order chi connectivity index (χ1) is 9.61. The fraction of sp³-hybridized carbons (Fsp3) is 0.385. The molecule has 0 atom stereocenters. The second-order valence-corrected chi connectivity index (χ2v) is 4.99. The molecule has 1 amide bonds. The van der Waals surface area contributed by atoms with E-state index in [9.17, 15) is 4.79 Å². The average Bonchev–Trinajstić information content (AvgIpc) is 2.47. The van der Waals surface area contributed by atoms with Gasteiger partial charge in [0.05, 0.1) is 5.69 Å². The van der Waals surface area contributed by atoms with Gasteiger partial charge in [0.25, 0.3) is 0 Å². The molecule has 108 valence electrons. The van der Waals surface area contributed by atoms with Crippen molar-refractivity contribution in [3.63, 3.8) is 0 Å². The summed E-state index contributed by atoms with van der Waals surface area (Å²) in [5.74, 6) is -0.283. The van der Waals surface area contributed by atoms with Gasteiger partial charge in [-0.05, 0) is 31.0 Å². The Kier molecular flexibility index (Phi) is 4.81. The van der Waals surface area contributed by atoms with Crippen LogP contribution in [-0.4, -0.2) is 30.2 Å². The van der Waals surface area contributed by atoms with Crippen LogP contribution in [0.25, 0.3) is 0 Å². The van der Waals surface area contributed by atoms with Gasteiger partial charge >= 0.3 is 0 Å². The van der Waals surface area contributed by atoms with Gasteiger partial charge in [-0.25, -0.2) is 0 Å². The summed E-state index contributed by atoms with van der Waals surface area (Å²) in [7, 11) is 0. The summed E-state index contributed by atoms with van der Waals surface area (Å²) < 4.78 is 5.23. The van der Waals surface area contributed by atoms with Crippen molar-refractivity contribution in [2.24, 2.45) is 16.8 Å². The van der Waals surface area contributed by atoms with Crippen molar-refractivity contribution in [3.8, 4) is 0 Å². The predicted molar refractivity (Wildman–Crippen MR) is 76.1 cm³/mol. The Labute approximate surface area is 121 Å². The van der Waals surface area contributed by atoms with Crippen LogP contribution in [0.5, 0.6) is 0 Å². The smallest absolute Gasteiger partial charge is 0.227 e. The van der Waals surface area contributed by atoms with E-state index in [4.69, 9.17) is 27.3 Å². The molecule has 0 saturated carbocycles. The predicted octanol–water partition coefficient (Wildman–Crippen LogP) is 1.80. The summed E-state index contributed by atoms with van der Waals surface area (Å²) >= 11 is 5.92. The van der Waals surface area contributed by atoms with Gasteiger partial charge in [-0.2, -0.15) is 0 Å². The van der Waals surface area contributed by atoms with E-state index in [0.717, 1.165) is 0 Å². The number of nitrogens with one attached hydrogen (secondary N) is 1. The lowest BCUT2D eigenvalue weighted by Crippen LogP contribution is -2.29. The molecule has 7 heteroatoms. The number of carbonyl (C=O) groups is 1. The van der Waals surface area contributed by atoms with E-state index >= 15 is 0 Å². The minimum Gasteiger partial charge on any atom is -0.409 e. The minimum absolute atomic E-state index is 0.0797.